The number of benzene rings is 1. The van der Waals surface area contributed by atoms with Crippen molar-refractivity contribution >= 4 is 17.7 Å². The minimum atomic E-state index is -0.0824. The lowest BCUT2D eigenvalue weighted by Gasteiger charge is -2.05. The highest BCUT2D eigenvalue weighted by atomic mass is 35.5. The van der Waals surface area contributed by atoms with Gasteiger partial charge in [-0.05, 0) is 23.3 Å². The van der Waals surface area contributed by atoms with Gasteiger partial charge in [-0.15, -0.1) is 0 Å². The second kappa shape index (κ2) is 6.92. The maximum Gasteiger partial charge on any atom is 0.232 e. The third-order valence-corrected chi connectivity index (χ3v) is 2.74. The van der Waals surface area contributed by atoms with E-state index in [0.29, 0.717) is 23.1 Å². The molecular weight excluding hydrogens is 262 g/mol. The largest absolute Gasteiger partial charge is 0.472 e. The minimum Gasteiger partial charge on any atom is -0.472 e. The summed E-state index contributed by atoms with van der Waals surface area (Å²) in [5, 5.41) is 9.34. The van der Waals surface area contributed by atoms with Crippen molar-refractivity contribution in [3.8, 4) is 5.88 Å². The van der Waals surface area contributed by atoms with E-state index in [0.717, 1.165) is 5.56 Å². The van der Waals surface area contributed by atoms with Gasteiger partial charge in [0.2, 0.25) is 5.88 Å². The van der Waals surface area contributed by atoms with Crippen LogP contribution in [-0.2, 0) is 6.61 Å². The van der Waals surface area contributed by atoms with Crippen LogP contribution in [0.1, 0.15) is 11.1 Å². The maximum absolute atomic E-state index is 8.94. The molecule has 0 saturated heterocycles. The molecule has 1 aromatic heterocycles. The number of hydrogen-bond donors (Lipinski definition) is 1. The molecule has 0 fully saturated rings. The Hall–Kier alpha value is -1.84. The normalized spacial score (nSPS) is 10.8. The van der Waals surface area contributed by atoms with Crippen LogP contribution in [0.15, 0.2) is 48.7 Å². The summed E-state index contributed by atoms with van der Waals surface area (Å²) >= 11 is 5.98. The van der Waals surface area contributed by atoms with Crippen LogP contribution in [0.2, 0.25) is 5.02 Å². The second-order valence-electron chi connectivity index (χ2n) is 3.91. The molecule has 1 aromatic carbocycles. The molecule has 0 atom stereocenters. The molecule has 2 rings (SSSR count). The molecule has 98 valence electrons. The molecular formula is C15H14ClNO2. The smallest absolute Gasteiger partial charge is 0.232 e. The van der Waals surface area contributed by atoms with Gasteiger partial charge in [0.05, 0.1) is 6.61 Å². The van der Waals surface area contributed by atoms with Gasteiger partial charge >= 0.3 is 0 Å². The van der Waals surface area contributed by atoms with E-state index in [9.17, 15) is 0 Å². The molecule has 4 heteroatoms. The van der Waals surface area contributed by atoms with E-state index in [1.165, 1.54) is 0 Å². The molecule has 0 spiro atoms. The Morgan fingerprint density at radius 2 is 2.05 bits per heavy atom. The van der Waals surface area contributed by atoms with Gasteiger partial charge in [-0.25, -0.2) is 4.98 Å². The summed E-state index contributed by atoms with van der Waals surface area (Å²) < 4.78 is 5.45. The zero-order valence-electron chi connectivity index (χ0n) is 10.3. The van der Waals surface area contributed by atoms with Crippen LogP contribution in [-0.4, -0.2) is 16.7 Å². The van der Waals surface area contributed by atoms with Crippen LogP contribution in [0.25, 0.3) is 6.08 Å². The van der Waals surface area contributed by atoms with Gasteiger partial charge in [0.1, 0.15) is 11.6 Å². The topological polar surface area (TPSA) is 42.4 Å². The number of pyridine rings is 1. The molecule has 0 radical (unpaired) electrons. The van der Waals surface area contributed by atoms with Crippen molar-refractivity contribution in [2.24, 2.45) is 0 Å². The van der Waals surface area contributed by atoms with Crippen molar-refractivity contribution < 1.29 is 9.84 Å². The Bertz CT molecular complexity index is 555. The standard InChI is InChI=1S/C15H14ClNO2/c16-14-9-13(11-18)10-17-15(14)19-8-4-7-12-5-2-1-3-6-12/h1-7,9-10,18H,8,11H2/b7-4+. The zero-order valence-corrected chi connectivity index (χ0v) is 11.0. The van der Waals surface area contributed by atoms with E-state index < -0.39 is 0 Å². The molecule has 0 aliphatic heterocycles. The Labute approximate surface area is 117 Å². The average molecular weight is 276 g/mol. The van der Waals surface area contributed by atoms with Crippen LogP contribution in [0.4, 0.5) is 0 Å². The third-order valence-electron chi connectivity index (χ3n) is 2.47. The average Bonchev–Trinajstić information content (AvgIpc) is 2.46. The lowest BCUT2D eigenvalue weighted by molar-refractivity contribution is 0.280. The molecule has 1 N–H and O–H groups in total. The van der Waals surface area contributed by atoms with Gasteiger partial charge in [0.15, 0.2) is 0 Å². The molecule has 0 amide bonds. The SMILES string of the molecule is OCc1cnc(OC/C=C/c2ccccc2)c(Cl)c1. The molecule has 2 aromatic rings. The van der Waals surface area contributed by atoms with Crippen LogP contribution < -0.4 is 4.74 Å². The van der Waals surface area contributed by atoms with Gasteiger partial charge in [0.25, 0.3) is 0 Å². The Balaban J connectivity index is 1.91. The van der Waals surface area contributed by atoms with E-state index >= 15 is 0 Å². The fourth-order valence-corrected chi connectivity index (χ4v) is 1.78. The van der Waals surface area contributed by atoms with Crippen molar-refractivity contribution in [2.45, 2.75) is 6.61 Å². The highest BCUT2D eigenvalue weighted by Crippen LogP contribution is 2.22. The Morgan fingerprint density at radius 1 is 1.26 bits per heavy atom. The van der Waals surface area contributed by atoms with E-state index in [-0.39, 0.29) is 6.61 Å². The summed E-state index contributed by atoms with van der Waals surface area (Å²) in [6, 6.07) is 11.6. The molecule has 0 aliphatic rings. The highest BCUT2D eigenvalue weighted by molar-refractivity contribution is 6.31. The zero-order chi connectivity index (χ0) is 13.5. The monoisotopic (exact) mass is 275 g/mol. The Morgan fingerprint density at radius 3 is 2.74 bits per heavy atom. The molecule has 0 unspecified atom stereocenters. The molecule has 19 heavy (non-hydrogen) atoms. The summed E-state index contributed by atoms with van der Waals surface area (Å²) in [5.41, 5.74) is 1.78. The highest BCUT2D eigenvalue weighted by Gasteiger charge is 2.03. The molecule has 0 saturated carbocycles. The van der Waals surface area contributed by atoms with E-state index in [4.69, 9.17) is 21.4 Å². The number of nitrogens with zero attached hydrogens (tertiary/aromatic N) is 1. The Kier molecular flexibility index (Phi) is 4.95. The number of rotatable bonds is 5. The van der Waals surface area contributed by atoms with Gasteiger partial charge in [-0.3, -0.25) is 0 Å². The first-order chi connectivity index (χ1) is 9.29. The number of aromatic nitrogens is 1. The first-order valence-corrected chi connectivity index (χ1v) is 6.27. The van der Waals surface area contributed by atoms with E-state index in [1.54, 1.807) is 12.3 Å². The fourth-order valence-electron chi connectivity index (χ4n) is 1.53. The summed E-state index contributed by atoms with van der Waals surface area (Å²) in [6.45, 7) is 0.307. The molecule has 0 bridgehead atoms. The van der Waals surface area contributed by atoms with E-state index in [2.05, 4.69) is 4.98 Å². The molecule has 1 heterocycles. The first kappa shape index (κ1) is 13.6. The van der Waals surface area contributed by atoms with Crippen molar-refractivity contribution in [3.05, 3.63) is 64.8 Å². The fraction of sp³-hybridized carbons (Fsp3) is 0.133. The summed E-state index contributed by atoms with van der Waals surface area (Å²) in [6.07, 6.45) is 5.41. The van der Waals surface area contributed by atoms with Crippen LogP contribution in [0, 0.1) is 0 Å². The number of aliphatic hydroxyl groups excluding tert-OH is 1. The summed E-state index contributed by atoms with van der Waals surface area (Å²) in [5.74, 6) is 0.372. The van der Waals surface area contributed by atoms with Crippen LogP contribution in [0.3, 0.4) is 0 Å². The van der Waals surface area contributed by atoms with Crippen molar-refractivity contribution in [3.63, 3.8) is 0 Å². The number of halogens is 1. The van der Waals surface area contributed by atoms with Crippen molar-refractivity contribution in [2.75, 3.05) is 6.61 Å². The number of ether oxygens (including phenoxy) is 1. The lowest BCUT2D eigenvalue weighted by atomic mass is 10.2. The molecule has 0 aliphatic carbocycles. The predicted molar refractivity (Wildman–Crippen MR) is 76.1 cm³/mol. The quantitative estimate of drug-likeness (QED) is 0.910. The van der Waals surface area contributed by atoms with E-state index in [1.807, 2.05) is 42.5 Å². The van der Waals surface area contributed by atoms with Gasteiger partial charge in [0, 0.05) is 6.20 Å². The predicted octanol–water partition coefficient (Wildman–Crippen LogP) is 3.32. The number of hydrogen-bond acceptors (Lipinski definition) is 3. The maximum atomic E-state index is 8.94. The van der Waals surface area contributed by atoms with Crippen molar-refractivity contribution in [1.82, 2.24) is 4.98 Å². The van der Waals surface area contributed by atoms with Gasteiger partial charge in [-0.2, -0.15) is 0 Å². The summed E-state index contributed by atoms with van der Waals surface area (Å²) in [4.78, 5) is 4.05. The second-order valence-corrected chi connectivity index (χ2v) is 4.32. The first-order valence-electron chi connectivity index (χ1n) is 5.89. The molecule has 3 nitrogen and oxygen atoms in total. The van der Waals surface area contributed by atoms with Gasteiger partial charge in [-0.1, -0.05) is 48.0 Å². The van der Waals surface area contributed by atoms with Gasteiger partial charge < -0.3 is 9.84 Å². The van der Waals surface area contributed by atoms with Crippen molar-refractivity contribution in [1.29, 1.82) is 0 Å². The van der Waals surface area contributed by atoms with Crippen LogP contribution >= 0.6 is 11.6 Å². The third kappa shape index (κ3) is 4.09. The number of aliphatic hydroxyl groups is 1. The summed E-state index contributed by atoms with van der Waals surface area (Å²) in [7, 11) is 0. The minimum absolute atomic E-state index is 0.0824. The lowest BCUT2D eigenvalue weighted by Crippen LogP contribution is -1.97. The van der Waals surface area contributed by atoms with Crippen LogP contribution in [0.5, 0.6) is 5.88 Å².